The zero-order chi connectivity index (χ0) is 15.1. The van der Waals surface area contributed by atoms with Crippen LogP contribution in [0.3, 0.4) is 0 Å². The summed E-state index contributed by atoms with van der Waals surface area (Å²) < 4.78 is 0. The average Bonchev–Trinajstić information content (AvgIpc) is 2.51. The lowest BCUT2D eigenvalue weighted by atomic mass is 10.2. The number of carbonyl (C=O) groups is 1. The maximum atomic E-state index is 12.2. The highest BCUT2D eigenvalue weighted by molar-refractivity contribution is 5.92. The number of anilines is 1. The van der Waals surface area contributed by atoms with E-state index >= 15 is 0 Å². The molecule has 5 nitrogen and oxygen atoms in total. The fourth-order valence-corrected chi connectivity index (χ4v) is 1.87. The summed E-state index contributed by atoms with van der Waals surface area (Å²) in [5.74, 6) is 0.311. The molecular formula is C16H20N4O. The number of hydrogen-bond donors (Lipinski definition) is 2. The molecule has 21 heavy (non-hydrogen) atoms. The van der Waals surface area contributed by atoms with Crippen molar-refractivity contribution in [3.8, 4) is 0 Å². The van der Waals surface area contributed by atoms with E-state index in [0.717, 1.165) is 24.2 Å². The fourth-order valence-electron chi connectivity index (χ4n) is 1.87. The standard InChI is InChI=1S/C16H20N4O/c1-3-9-17-16-19-12(2)10-14(20-16)15(21)18-11-13-7-5-4-6-8-13/h4-8,10H,3,9,11H2,1-2H3,(H,18,21)(H,17,19,20). The summed E-state index contributed by atoms with van der Waals surface area (Å²) in [4.78, 5) is 20.7. The molecule has 110 valence electrons. The number of rotatable bonds is 6. The van der Waals surface area contributed by atoms with Gasteiger partial charge < -0.3 is 10.6 Å². The minimum absolute atomic E-state index is 0.191. The van der Waals surface area contributed by atoms with Gasteiger partial charge in [0.25, 0.3) is 5.91 Å². The first kappa shape index (κ1) is 15.0. The summed E-state index contributed by atoms with van der Waals surface area (Å²) in [7, 11) is 0. The third-order valence-electron chi connectivity index (χ3n) is 2.92. The van der Waals surface area contributed by atoms with Crippen LogP contribution in [0.2, 0.25) is 0 Å². The van der Waals surface area contributed by atoms with Crippen LogP contribution in [0.4, 0.5) is 5.95 Å². The molecule has 2 N–H and O–H groups in total. The van der Waals surface area contributed by atoms with Crippen molar-refractivity contribution >= 4 is 11.9 Å². The van der Waals surface area contributed by atoms with Gasteiger partial charge in [0.05, 0.1) is 0 Å². The van der Waals surface area contributed by atoms with Crippen LogP contribution in [-0.4, -0.2) is 22.4 Å². The Kier molecular flexibility index (Phi) is 5.26. The van der Waals surface area contributed by atoms with Crippen LogP contribution in [0.25, 0.3) is 0 Å². The first-order chi connectivity index (χ1) is 10.2. The van der Waals surface area contributed by atoms with Gasteiger partial charge in [0.2, 0.25) is 5.95 Å². The SMILES string of the molecule is CCCNc1nc(C)cc(C(=O)NCc2ccccc2)n1. The third kappa shape index (κ3) is 4.56. The van der Waals surface area contributed by atoms with Gasteiger partial charge in [-0.05, 0) is 25.0 Å². The van der Waals surface area contributed by atoms with Crippen molar-refractivity contribution in [2.45, 2.75) is 26.8 Å². The van der Waals surface area contributed by atoms with Crippen molar-refractivity contribution < 1.29 is 4.79 Å². The number of aromatic nitrogens is 2. The van der Waals surface area contributed by atoms with Gasteiger partial charge in [-0.2, -0.15) is 0 Å². The third-order valence-corrected chi connectivity index (χ3v) is 2.92. The highest BCUT2D eigenvalue weighted by Gasteiger charge is 2.10. The summed E-state index contributed by atoms with van der Waals surface area (Å²) in [6.45, 7) is 5.19. The molecule has 0 spiro atoms. The van der Waals surface area contributed by atoms with Crippen molar-refractivity contribution in [3.63, 3.8) is 0 Å². The lowest BCUT2D eigenvalue weighted by Crippen LogP contribution is -2.24. The predicted octanol–water partition coefficient (Wildman–Crippen LogP) is 2.54. The van der Waals surface area contributed by atoms with E-state index in [2.05, 4.69) is 27.5 Å². The number of hydrogen-bond acceptors (Lipinski definition) is 4. The summed E-state index contributed by atoms with van der Waals surface area (Å²) >= 11 is 0. The fraction of sp³-hybridized carbons (Fsp3) is 0.312. The summed E-state index contributed by atoms with van der Waals surface area (Å²) in [5.41, 5.74) is 2.21. The van der Waals surface area contributed by atoms with Crippen molar-refractivity contribution in [2.24, 2.45) is 0 Å². The predicted molar refractivity (Wildman–Crippen MR) is 83.2 cm³/mol. The first-order valence-corrected chi connectivity index (χ1v) is 7.10. The van der Waals surface area contributed by atoms with Gasteiger partial charge in [-0.25, -0.2) is 9.97 Å². The van der Waals surface area contributed by atoms with Gasteiger partial charge in [-0.3, -0.25) is 4.79 Å². The van der Waals surface area contributed by atoms with E-state index in [0.29, 0.717) is 18.2 Å². The number of amides is 1. The second-order valence-corrected chi connectivity index (χ2v) is 4.81. The molecule has 0 bridgehead atoms. The van der Waals surface area contributed by atoms with Gasteiger partial charge >= 0.3 is 0 Å². The molecular weight excluding hydrogens is 264 g/mol. The van der Waals surface area contributed by atoms with Crippen molar-refractivity contribution in [1.29, 1.82) is 0 Å². The van der Waals surface area contributed by atoms with Crippen molar-refractivity contribution in [1.82, 2.24) is 15.3 Å². The molecule has 2 rings (SSSR count). The van der Waals surface area contributed by atoms with Crippen LogP contribution in [0, 0.1) is 6.92 Å². The smallest absolute Gasteiger partial charge is 0.270 e. The molecule has 0 unspecified atom stereocenters. The maximum Gasteiger partial charge on any atom is 0.270 e. The van der Waals surface area contributed by atoms with Crippen LogP contribution >= 0.6 is 0 Å². The van der Waals surface area contributed by atoms with Crippen LogP contribution in [0.15, 0.2) is 36.4 Å². The molecule has 0 aliphatic rings. The summed E-state index contributed by atoms with van der Waals surface area (Å²) in [5, 5.41) is 5.97. The molecule has 0 aliphatic carbocycles. The quantitative estimate of drug-likeness (QED) is 0.855. The van der Waals surface area contributed by atoms with Gasteiger partial charge in [0.15, 0.2) is 0 Å². The normalized spacial score (nSPS) is 10.2. The van der Waals surface area contributed by atoms with E-state index in [4.69, 9.17) is 0 Å². The lowest BCUT2D eigenvalue weighted by molar-refractivity contribution is 0.0945. The second kappa shape index (κ2) is 7.38. The molecule has 5 heteroatoms. The Balaban J connectivity index is 2.03. The van der Waals surface area contributed by atoms with E-state index < -0.39 is 0 Å². The molecule has 0 atom stereocenters. The molecule has 0 saturated heterocycles. The Morgan fingerprint density at radius 1 is 1.19 bits per heavy atom. The minimum Gasteiger partial charge on any atom is -0.354 e. The summed E-state index contributed by atoms with van der Waals surface area (Å²) in [6, 6.07) is 11.5. The van der Waals surface area contributed by atoms with E-state index in [-0.39, 0.29) is 5.91 Å². The zero-order valence-corrected chi connectivity index (χ0v) is 12.4. The molecule has 1 heterocycles. The van der Waals surface area contributed by atoms with E-state index in [1.807, 2.05) is 37.3 Å². The van der Waals surface area contributed by atoms with E-state index in [9.17, 15) is 4.79 Å². The van der Waals surface area contributed by atoms with Crippen LogP contribution < -0.4 is 10.6 Å². The molecule has 0 aliphatic heterocycles. The number of benzene rings is 1. The number of nitrogens with zero attached hydrogens (tertiary/aromatic N) is 2. The molecule has 0 fully saturated rings. The van der Waals surface area contributed by atoms with Gasteiger partial charge in [0.1, 0.15) is 5.69 Å². The Morgan fingerprint density at radius 2 is 1.95 bits per heavy atom. The number of aryl methyl sites for hydroxylation is 1. The minimum atomic E-state index is -0.191. The Hall–Kier alpha value is -2.43. The summed E-state index contributed by atoms with van der Waals surface area (Å²) in [6.07, 6.45) is 0.979. The van der Waals surface area contributed by atoms with Crippen LogP contribution in [0.1, 0.15) is 35.1 Å². The zero-order valence-electron chi connectivity index (χ0n) is 12.4. The lowest BCUT2D eigenvalue weighted by Gasteiger charge is -2.08. The second-order valence-electron chi connectivity index (χ2n) is 4.81. The van der Waals surface area contributed by atoms with Crippen molar-refractivity contribution in [2.75, 3.05) is 11.9 Å². The van der Waals surface area contributed by atoms with Gasteiger partial charge in [0, 0.05) is 18.8 Å². The average molecular weight is 284 g/mol. The van der Waals surface area contributed by atoms with Crippen molar-refractivity contribution in [3.05, 3.63) is 53.3 Å². The largest absolute Gasteiger partial charge is 0.354 e. The van der Waals surface area contributed by atoms with Crippen LogP contribution in [-0.2, 0) is 6.54 Å². The monoisotopic (exact) mass is 284 g/mol. The molecule has 1 aromatic carbocycles. The Morgan fingerprint density at radius 3 is 2.67 bits per heavy atom. The molecule has 0 saturated carbocycles. The Labute approximate surface area is 124 Å². The molecule has 0 radical (unpaired) electrons. The molecule has 2 aromatic rings. The maximum absolute atomic E-state index is 12.2. The van der Waals surface area contributed by atoms with E-state index in [1.165, 1.54) is 0 Å². The number of carbonyl (C=O) groups excluding carboxylic acids is 1. The van der Waals surface area contributed by atoms with Gasteiger partial charge in [-0.1, -0.05) is 37.3 Å². The highest BCUT2D eigenvalue weighted by Crippen LogP contribution is 2.06. The first-order valence-electron chi connectivity index (χ1n) is 7.10. The molecule has 1 amide bonds. The van der Waals surface area contributed by atoms with Gasteiger partial charge in [-0.15, -0.1) is 0 Å². The number of nitrogens with one attached hydrogen (secondary N) is 2. The van der Waals surface area contributed by atoms with Crippen LogP contribution in [0.5, 0.6) is 0 Å². The molecule has 1 aromatic heterocycles. The Bertz CT molecular complexity index is 598. The van der Waals surface area contributed by atoms with E-state index in [1.54, 1.807) is 6.07 Å². The topological polar surface area (TPSA) is 66.9 Å². The highest BCUT2D eigenvalue weighted by atomic mass is 16.1.